The van der Waals surface area contributed by atoms with Crippen LogP contribution < -0.4 is 5.32 Å². The first-order valence-corrected chi connectivity index (χ1v) is 10.3. The number of hydrogen-bond donors (Lipinski definition) is 2. The third kappa shape index (κ3) is 4.79. The fraction of sp³-hybridized carbons (Fsp3) is 0.952. The van der Waals surface area contributed by atoms with Crippen LogP contribution in [0.2, 0.25) is 0 Å². The number of likely N-dealkylation sites (tertiary alicyclic amines) is 1. The van der Waals surface area contributed by atoms with Crippen molar-refractivity contribution in [3.05, 3.63) is 0 Å². The maximum absolute atomic E-state index is 12.9. The maximum Gasteiger partial charge on any atom is 0.222 e. The summed E-state index contributed by atoms with van der Waals surface area (Å²) in [6, 6.07) is 0. The minimum Gasteiger partial charge on any atom is -0.390 e. The van der Waals surface area contributed by atoms with Crippen molar-refractivity contribution in [1.29, 1.82) is 0 Å². The predicted molar refractivity (Wildman–Crippen MR) is 103 cm³/mol. The number of piperidine rings is 2. The number of nitrogens with zero attached hydrogens (tertiary/aromatic N) is 1. The van der Waals surface area contributed by atoms with Crippen molar-refractivity contribution in [3.8, 4) is 0 Å². The summed E-state index contributed by atoms with van der Waals surface area (Å²) in [7, 11) is 0. The van der Waals surface area contributed by atoms with Crippen molar-refractivity contribution in [3.63, 3.8) is 0 Å². The highest BCUT2D eigenvalue weighted by atomic mass is 16.5. The van der Waals surface area contributed by atoms with Crippen LogP contribution in [0.1, 0.15) is 79.6 Å². The van der Waals surface area contributed by atoms with Gasteiger partial charge in [0.05, 0.1) is 17.8 Å². The Labute approximate surface area is 158 Å². The molecule has 1 atom stereocenters. The van der Waals surface area contributed by atoms with E-state index in [9.17, 15) is 9.90 Å². The smallest absolute Gasteiger partial charge is 0.222 e. The van der Waals surface area contributed by atoms with E-state index in [1.54, 1.807) is 0 Å². The van der Waals surface area contributed by atoms with Crippen LogP contribution in [-0.4, -0.2) is 57.9 Å². The number of rotatable bonds is 2. The van der Waals surface area contributed by atoms with Crippen LogP contribution in [0.4, 0.5) is 0 Å². The van der Waals surface area contributed by atoms with E-state index in [2.05, 4.69) is 33.0 Å². The monoisotopic (exact) mass is 366 g/mol. The topological polar surface area (TPSA) is 61.8 Å². The summed E-state index contributed by atoms with van der Waals surface area (Å²) in [5.74, 6) is 0.734. The SMILES string of the molecule is CC1(O)CCOC2(CCN(C(=O)CC3CC(C)(C)NC(C)(C)C3)CC2)C1. The average molecular weight is 367 g/mol. The Balaban J connectivity index is 1.54. The number of carbonyl (C=O) groups excluding carboxylic acids is 1. The van der Waals surface area contributed by atoms with E-state index in [0.29, 0.717) is 37.7 Å². The first-order chi connectivity index (χ1) is 11.9. The summed E-state index contributed by atoms with van der Waals surface area (Å²) in [5, 5.41) is 14.1. The highest BCUT2D eigenvalue weighted by molar-refractivity contribution is 5.76. The molecule has 3 aliphatic rings. The average Bonchev–Trinajstić information content (AvgIpc) is 2.43. The van der Waals surface area contributed by atoms with Gasteiger partial charge in [0.15, 0.2) is 0 Å². The number of carbonyl (C=O) groups is 1. The lowest BCUT2D eigenvalue weighted by atomic mass is 9.74. The van der Waals surface area contributed by atoms with Gasteiger partial charge in [0.1, 0.15) is 0 Å². The van der Waals surface area contributed by atoms with E-state index >= 15 is 0 Å². The molecule has 3 rings (SSSR count). The largest absolute Gasteiger partial charge is 0.390 e. The molecule has 3 aliphatic heterocycles. The van der Waals surface area contributed by atoms with Crippen LogP contribution in [-0.2, 0) is 9.53 Å². The Morgan fingerprint density at radius 1 is 1.08 bits per heavy atom. The molecule has 0 aliphatic carbocycles. The number of nitrogens with one attached hydrogen (secondary N) is 1. The van der Waals surface area contributed by atoms with Gasteiger partial charge in [0, 0.05) is 37.0 Å². The molecule has 0 aromatic carbocycles. The fourth-order valence-electron chi connectivity index (χ4n) is 5.86. The van der Waals surface area contributed by atoms with Gasteiger partial charge in [0.2, 0.25) is 5.91 Å². The molecule has 1 unspecified atom stereocenters. The van der Waals surface area contributed by atoms with Crippen molar-refractivity contribution in [2.24, 2.45) is 5.92 Å². The zero-order valence-corrected chi connectivity index (χ0v) is 17.4. The van der Waals surface area contributed by atoms with Gasteiger partial charge >= 0.3 is 0 Å². The summed E-state index contributed by atoms with van der Waals surface area (Å²) < 4.78 is 6.07. The molecular formula is C21H38N2O3. The minimum atomic E-state index is -0.628. The second kappa shape index (κ2) is 6.75. The second-order valence-electron chi connectivity index (χ2n) is 10.7. The van der Waals surface area contributed by atoms with E-state index in [1.807, 2.05) is 11.8 Å². The molecule has 5 heteroatoms. The van der Waals surface area contributed by atoms with Crippen molar-refractivity contribution >= 4 is 5.91 Å². The lowest BCUT2D eigenvalue weighted by molar-refractivity contribution is -0.175. The van der Waals surface area contributed by atoms with Gasteiger partial charge in [-0.2, -0.15) is 0 Å². The number of aliphatic hydroxyl groups is 1. The molecule has 0 aromatic rings. The molecule has 0 bridgehead atoms. The number of amides is 1. The first kappa shape index (κ1) is 20.1. The molecule has 3 heterocycles. The van der Waals surface area contributed by atoms with E-state index in [4.69, 9.17) is 4.74 Å². The van der Waals surface area contributed by atoms with Crippen LogP contribution in [0.5, 0.6) is 0 Å². The quantitative estimate of drug-likeness (QED) is 0.789. The molecule has 150 valence electrons. The molecule has 0 saturated carbocycles. The highest BCUT2D eigenvalue weighted by Gasteiger charge is 2.45. The van der Waals surface area contributed by atoms with E-state index in [1.165, 1.54) is 0 Å². The molecule has 0 radical (unpaired) electrons. The van der Waals surface area contributed by atoms with E-state index in [-0.39, 0.29) is 16.7 Å². The van der Waals surface area contributed by atoms with Crippen LogP contribution in [0.3, 0.4) is 0 Å². The second-order valence-corrected chi connectivity index (χ2v) is 10.7. The maximum atomic E-state index is 12.9. The summed E-state index contributed by atoms with van der Waals surface area (Å²) >= 11 is 0. The first-order valence-electron chi connectivity index (χ1n) is 10.3. The Kier molecular flexibility index (Phi) is 5.22. The van der Waals surface area contributed by atoms with Gasteiger partial charge in [-0.1, -0.05) is 0 Å². The van der Waals surface area contributed by atoms with Crippen LogP contribution in [0.15, 0.2) is 0 Å². The Morgan fingerprint density at radius 2 is 1.65 bits per heavy atom. The summed E-state index contributed by atoms with van der Waals surface area (Å²) in [6.07, 6.45) is 5.84. The van der Waals surface area contributed by atoms with Crippen molar-refractivity contribution in [2.75, 3.05) is 19.7 Å². The Morgan fingerprint density at radius 3 is 2.19 bits per heavy atom. The van der Waals surface area contributed by atoms with Crippen molar-refractivity contribution in [2.45, 2.75) is 102 Å². The molecular weight excluding hydrogens is 328 g/mol. The predicted octanol–water partition coefficient (Wildman–Crippen LogP) is 2.86. The third-order valence-corrected chi connectivity index (χ3v) is 6.52. The third-order valence-electron chi connectivity index (χ3n) is 6.52. The van der Waals surface area contributed by atoms with Gasteiger partial charge in [-0.15, -0.1) is 0 Å². The van der Waals surface area contributed by atoms with E-state index in [0.717, 1.165) is 38.8 Å². The fourth-order valence-corrected chi connectivity index (χ4v) is 5.86. The van der Waals surface area contributed by atoms with Crippen LogP contribution in [0.25, 0.3) is 0 Å². The molecule has 2 N–H and O–H groups in total. The molecule has 26 heavy (non-hydrogen) atoms. The molecule has 0 aromatic heterocycles. The normalized spacial score (nSPS) is 34.0. The zero-order valence-electron chi connectivity index (χ0n) is 17.4. The van der Waals surface area contributed by atoms with Gasteiger partial charge in [0.25, 0.3) is 0 Å². The van der Waals surface area contributed by atoms with Gasteiger partial charge in [-0.3, -0.25) is 4.79 Å². The van der Waals surface area contributed by atoms with Gasteiger partial charge in [-0.05, 0) is 72.6 Å². The minimum absolute atomic E-state index is 0.0835. The zero-order chi connectivity index (χ0) is 19.2. The standard InChI is InChI=1S/C21H38N2O3/c1-18(2)13-16(14-19(3,4)22-18)12-17(24)23-9-6-21(7-10-23)15-20(5,25)8-11-26-21/h16,22,25H,6-15H2,1-5H3. The molecule has 3 saturated heterocycles. The molecule has 3 fully saturated rings. The van der Waals surface area contributed by atoms with Crippen LogP contribution in [0, 0.1) is 5.92 Å². The van der Waals surface area contributed by atoms with Crippen molar-refractivity contribution < 1.29 is 14.6 Å². The van der Waals surface area contributed by atoms with Gasteiger partial charge < -0.3 is 20.1 Å². The number of ether oxygens (including phenoxy) is 1. The summed E-state index contributed by atoms with van der Waals surface area (Å²) in [6.45, 7) is 13.0. The Bertz CT molecular complexity index is 517. The molecule has 1 spiro atoms. The van der Waals surface area contributed by atoms with E-state index < -0.39 is 5.60 Å². The lowest BCUT2D eigenvalue weighted by Gasteiger charge is -2.49. The molecule has 5 nitrogen and oxygen atoms in total. The summed E-state index contributed by atoms with van der Waals surface area (Å²) in [4.78, 5) is 14.9. The molecule has 1 amide bonds. The Hall–Kier alpha value is -0.650. The van der Waals surface area contributed by atoms with Crippen molar-refractivity contribution in [1.82, 2.24) is 10.2 Å². The summed E-state index contributed by atoms with van der Waals surface area (Å²) in [5.41, 5.74) is -0.686. The number of hydrogen-bond acceptors (Lipinski definition) is 4. The lowest BCUT2D eigenvalue weighted by Crippen LogP contribution is -2.58. The van der Waals surface area contributed by atoms with Gasteiger partial charge in [-0.25, -0.2) is 0 Å². The van der Waals surface area contributed by atoms with Crippen LogP contribution >= 0.6 is 0 Å². The highest BCUT2D eigenvalue weighted by Crippen LogP contribution is 2.40.